The van der Waals surface area contributed by atoms with Gasteiger partial charge in [-0.05, 0) is 35.7 Å². The standard InChI is InChI=1S/C39H23N7/c1-2-12-24(13-3-1)36-42-38(45-31-19-9-5-15-26(31)27-16-6-10-20-32(27)45)44-39(43-36)46-33-21-11-7-17-29(33)35-34-28(22-23-40-35)25-14-4-8-18-30(25)41-37(34)46/h1-23H. The predicted molar refractivity (Wildman–Crippen MR) is 184 cm³/mol. The second kappa shape index (κ2) is 9.51. The molecule has 0 aliphatic carbocycles. The van der Waals surface area contributed by atoms with Crippen molar-refractivity contribution in [2.24, 2.45) is 0 Å². The van der Waals surface area contributed by atoms with E-state index in [2.05, 4.69) is 94.4 Å². The van der Waals surface area contributed by atoms with Crippen molar-refractivity contribution in [1.82, 2.24) is 29.5 Å². The minimum atomic E-state index is 0.483. The lowest BCUT2D eigenvalue weighted by atomic mass is 9.96. The first kappa shape index (κ1) is 24.9. The first-order valence-electron chi connectivity index (χ1n) is 15.2. The molecule has 10 rings (SSSR count). The summed E-state index contributed by atoms with van der Waals surface area (Å²) in [7, 11) is 0. The van der Waals surface area contributed by atoms with Crippen molar-refractivity contribution in [3.8, 4) is 28.6 Å². The van der Waals surface area contributed by atoms with Gasteiger partial charge >= 0.3 is 0 Å². The molecule has 0 saturated carbocycles. The molecule has 5 aromatic carbocycles. The Labute approximate surface area is 263 Å². The highest BCUT2D eigenvalue weighted by Gasteiger charge is 2.31. The second-order valence-electron chi connectivity index (χ2n) is 11.4. The Morgan fingerprint density at radius 3 is 1.93 bits per heavy atom. The van der Waals surface area contributed by atoms with Crippen LogP contribution in [0, 0.1) is 0 Å². The van der Waals surface area contributed by atoms with Gasteiger partial charge in [-0.1, -0.05) is 103 Å². The lowest BCUT2D eigenvalue weighted by molar-refractivity contribution is 0.929. The van der Waals surface area contributed by atoms with Gasteiger partial charge in [0.1, 0.15) is 0 Å². The van der Waals surface area contributed by atoms with Crippen molar-refractivity contribution in [1.29, 1.82) is 0 Å². The van der Waals surface area contributed by atoms with Crippen LogP contribution in [0.3, 0.4) is 0 Å². The maximum Gasteiger partial charge on any atom is 0.241 e. The van der Waals surface area contributed by atoms with E-state index < -0.39 is 0 Å². The average molecular weight is 590 g/mol. The van der Waals surface area contributed by atoms with Crippen molar-refractivity contribution in [2.75, 3.05) is 4.90 Å². The van der Waals surface area contributed by atoms with Crippen LogP contribution in [0.2, 0.25) is 0 Å². The third-order valence-electron chi connectivity index (χ3n) is 8.83. The Hall–Kier alpha value is -6.47. The zero-order valence-electron chi connectivity index (χ0n) is 24.4. The number of nitrogens with zero attached hydrogens (tertiary/aromatic N) is 7. The fraction of sp³-hybridized carbons (Fsp3) is 0. The highest BCUT2D eigenvalue weighted by Crippen LogP contribution is 2.49. The topological polar surface area (TPSA) is 72.6 Å². The quantitative estimate of drug-likeness (QED) is 0.191. The molecule has 0 spiro atoms. The number of aromatic nitrogens is 6. The molecule has 0 amide bonds. The minimum absolute atomic E-state index is 0.483. The molecule has 5 heterocycles. The number of fused-ring (bicyclic) bond motifs is 7. The molecule has 0 radical (unpaired) electrons. The van der Waals surface area contributed by atoms with E-state index in [1.165, 1.54) is 0 Å². The summed E-state index contributed by atoms with van der Waals surface area (Å²) in [5.74, 6) is 2.34. The summed E-state index contributed by atoms with van der Waals surface area (Å²) in [6.45, 7) is 0. The Morgan fingerprint density at radius 1 is 0.478 bits per heavy atom. The van der Waals surface area contributed by atoms with Gasteiger partial charge < -0.3 is 0 Å². The third kappa shape index (κ3) is 3.51. The van der Waals surface area contributed by atoms with Crippen LogP contribution >= 0.6 is 0 Å². The summed E-state index contributed by atoms with van der Waals surface area (Å²) in [6.07, 6.45) is 1.89. The van der Waals surface area contributed by atoms with Gasteiger partial charge in [-0.3, -0.25) is 14.5 Å². The molecule has 0 saturated heterocycles. The predicted octanol–water partition coefficient (Wildman–Crippen LogP) is 9.18. The number of hydrogen-bond donors (Lipinski definition) is 0. The second-order valence-corrected chi connectivity index (χ2v) is 11.4. The van der Waals surface area contributed by atoms with Crippen LogP contribution in [0.4, 0.5) is 17.5 Å². The van der Waals surface area contributed by atoms with E-state index in [0.717, 1.165) is 71.8 Å². The van der Waals surface area contributed by atoms with E-state index >= 15 is 0 Å². The van der Waals surface area contributed by atoms with E-state index in [1.54, 1.807) is 0 Å². The van der Waals surface area contributed by atoms with Gasteiger partial charge in [0.25, 0.3) is 0 Å². The smallest absolute Gasteiger partial charge is 0.241 e. The van der Waals surface area contributed by atoms with Crippen LogP contribution in [0.1, 0.15) is 0 Å². The molecule has 0 fully saturated rings. The Bertz CT molecular complexity index is 2610. The molecule has 46 heavy (non-hydrogen) atoms. The largest absolute Gasteiger partial charge is 0.278 e. The highest BCUT2D eigenvalue weighted by molar-refractivity contribution is 6.19. The van der Waals surface area contributed by atoms with E-state index in [-0.39, 0.29) is 0 Å². The van der Waals surface area contributed by atoms with Crippen LogP contribution in [-0.2, 0) is 0 Å². The summed E-state index contributed by atoms with van der Waals surface area (Å²) in [4.78, 5) is 27.8. The Kier molecular flexibility index (Phi) is 5.15. The summed E-state index contributed by atoms with van der Waals surface area (Å²) < 4.78 is 2.14. The molecule has 7 heteroatoms. The maximum atomic E-state index is 5.27. The lowest BCUT2D eigenvalue weighted by Gasteiger charge is -2.30. The molecule has 1 aliphatic rings. The van der Waals surface area contributed by atoms with E-state index in [4.69, 9.17) is 24.9 Å². The number of rotatable bonds is 3. The molecular weight excluding hydrogens is 566 g/mol. The molecule has 1 aliphatic heterocycles. The van der Waals surface area contributed by atoms with Crippen LogP contribution in [0.5, 0.6) is 0 Å². The summed E-state index contributed by atoms with van der Waals surface area (Å²) in [5.41, 5.74) is 6.66. The van der Waals surface area contributed by atoms with Crippen molar-refractivity contribution < 1.29 is 0 Å². The summed E-state index contributed by atoms with van der Waals surface area (Å²) >= 11 is 0. The first-order valence-corrected chi connectivity index (χ1v) is 15.2. The molecule has 0 bridgehead atoms. The molecule has 9 aromatic rings. The number of benzene rings is 5. The number of para-hydroxylation sites is 4. The molecule has 0 unspecified atom stereocenters. The Morgan fingerprint density at radius 2 is 1.13 bits per heavy atom. The fourth-order valence-corrected chi connectivity index (χ4v) is 6.84. The zero-order valence-corrected chi connectivity index (χ0v) is 24.4. The minimum Gasteiger partial charge on any atom is -0.278 e. The van der Waals surface area contributed by atoms with Gasteiger partial charge in [0.05, 0.1) is 33.3 Å². The monoisotopic (exact) mass is 589 g/mol. The van der Waals surface area contributed by atoms with Gasteiger partial charge in [0.2, 0.25) is 11.9 Å². The lowest BCUT2D eigenvalue weighted by Crippen LogP contribution is -2.21. The van der Waals surface area contributed by atoms with Gasteiger partial charge in [-0.25, -0.2) is 4.98 Å². The van der Waals surface area contributed by atoms with Crippen LogP contribution in [0.25, 0.3) is 72.1 Å². The van der Waals surface area contributed by atoms with Crippen LogP contribution in [-0.4, -0.2) is 29.5 Å². The molecule has 7 nitrogen and oxygen atoms in total. The van der Waals surface area contributed by atoms with Crippen molar-refractivity contribution in [2.45, 2.75) is 0 Å². The molecule has 0 atom stereocenters. The third-order valence-corrected chi connectivity index (χ3v) is 8.83. The van der Waals surface area contributed by atoms with Gasteiger partial charge in [0.15, 0.2) is 11.6 Å². The van der Waals surface area contributed by atoms with E-state index in [0.29, 0.717) is 17.7 Å². The van der Waals surface area contributed by atoms with Crippen LogP contribution < -0.4 is 4.90 Å². The highest BCUT2D eigenvalue weighted by atomic mass is 15.3. The molecule has 0 N–H and O–H groups in total. The normalized spacial score (nSPS) is 12.3. The van der Waals surface area contributed by atoms with Gasteiger partial charge in [0, 0.05) is 33.5 Å². The molecule has 214 valence electrons. The van der Waals surface area contributed by atoms with E-state index in [1.807, 2.05) is 54.7 Å². The number of hydrogen-bond acceptors (Lipinski definition) is 6. The van der Waals surface area contributed by atoms with Crippen LogP contribution in [0.15, 0.2) is 140 Å². The molecular formula is C39H23N7. The number of anilines is 3. The van der Waals surface area contributed by atoms with Crippen molar-refractivity contribution in [3.05, 3.63) is 140 Å². The SMILES string of the molecule is c1ccc(-c2nc(N3c4ccccc4-c4nccc5c4c3nc3ccccc35)nc(-n3c4ccccc4c4ccccc43)n2)cc1. The number of pyridine rings is 2. The van der Waals surface area contributed by atoms with Crippen molar-refractivity contribution >= 4 is 60.9 Å². The average Bonchev–Trinajstić information content (AvgIpc) is 3.46. The van der Waals surface area contributed by atoms with Gasteiger partial charge in [-0.15, -0.1) is 0 Å². The molecule has 4 aromatic heterocycles. The summed E-state index contributed by atoms with van der Waals surface area (Å²) in [6, 6.07) is 45.4. The Balaban J connectivity index is 1.33. The van der Waals surface area contributed by atoms with Crippen molar-refractivity contribution in [3.63, 3.8) is 0 Å². The maximum absolute atomic E-state index is 5.27. The zero-order chi connectivity index (χ0) is 30.2. The van der Waals surface area contributed by atoms with E-state index in [9.17, 15) is 0 Å². The fourth-order valence-electron chi connectivity index (χ4n) is 6.84. The van der Waals surface area contributed by atoms with Gasteiger partial charge in [-0.2, -0.15) is 15.0 Å². The summed E-state index contributed by atoms with van der Waals surface area (Å²) in [5, 5.41) is 5.42. The first-order chi connectivity index (χ1) is 22.8.